The Hall–Kier alpha value is -3.61. The average Bonchev–Trinajstić information content (AvgIpc) is 3.08. The van der Waals surface area contributed by atoms with Crippen LogP contribution in [0, 0.1) is 46.3 Å². The lowest BCUT2D eigenvalue weighted by Gasteiger charge is -2.12. The Balaban J connectivity index is 1.62. The molecule has 1 amide bonds. The highest BCUT2D eigenvalue weighted by Crippen LogP contribution is 2.29. The molecule has 0 aliphatic rings. The molecule has 4 aromatic rings. The van der Waals surface area contributed by atoms with Crippen molar-refractivity contribution >= 4 is 22.6 Å². The Morgan fingerprint density at radius 1 is 0.970 bits per heavy atom. The van der Waals surface area contributed by atoms with E-state index in [-0.39, 0.29) is 18.0 Å². The van der Waals surface area contributed by atoms with E-state index in [1.165, 1.54) is 17.2 Å². The largest absolute Gasteiger partial charge is 0.324 e. The first kappa shape index (κ1) is 22.6. The molecule has 2 aromatic carbocycles. The van der Waals surface area contributed by atoms with Crippen LogP contribution in [0.25, 0.3) is 16.7 Å². The SMILES string of the molecule is Cc1ccc(-n2nc(C)c3c(C)c(CCC(=O)Nc4ccc(F)cc4F)c(C)nc32)cc1C. The summed E-state index contributed by atoms with van der Waals surface area (Å²) in [5.41, 5.74) is 7.80. The van der Waals surface area contributed by atoms with Gasteiger partial charge >= 0.3 is 0 Å². The fourth-order valence-electron chi connectivity index (χ4n) is 4.15. The first-order valence-electron chi connectivity index (χ1n) is 10.8. The molecule has 2 heterocycles. The third kappa shape index (κ3) is 4.35. The number of carbonyl (C=O) groups excluding carboxylic acids is 1. The molecule has 0 aliphatic carbocycles. The summed E-state index contributed by atoms with van der Waals surface area (Å²) in [6.07, 6.45) is 0.597. The lowest BCUT2D eigenvalue weighted by Crippen LogP contribution is -2.14. The Bertz CT molecular complexity index is 1390. The summed E-state index contributed by atoms with van der Waals surface area (Å²) >= 11 is 0. The van der Waals surface area contributed by atoms with Gasteiger partial charge in [-0.3, -0.25) is 4.79 Å². The molecule has 0 saturated heterocycles. The van der Waals surface area contributed by atoms with E-state index in [0.717, 1.165) is 51.4 Å². The maximum absolute atomic E-state index is 13.8. The third-order valence-corrected chi connectivity index (χ3v) is 6.12. The van der Waals surface area contributed by atoms with Crippen molar-refractivity contribution in [2.45, 2.75) is 47.5 Å². The second-order valence-corrected chi connectivity index (χ2v) is 8.44. The standard InChI is InChI=1S/C26H26F2N4O/c1-14-6-8-20(12-15(14)2)32-26-25(18(5)31-32)16(3)21(17(4)29-26)9-11-24(33)30-23-10-7-19(27)13-22(23)28/h6-8,10,12-13H,9,11H2,1-5H3,(H,30,33). The van der Waals surface area contributed by atoms with Gasteiger partial charge in [-0.05, 0) is 87.6 Å². The van der Waals surface area contributed by atoms with Crippen LogP contribution in [0.4, 0.5) is 14.5 Å². The van der Waals surface area contributed by atoms with E-state index in [9.17, 15) is 13.6 Å². The van der Waals surface area contributed by atoms with Gasteiger partial charge in [0.15, 0.2) is 5.65 Å². The third-order valence-electron chi connectivity index (χ3n) is 6.12. The van der Waals surface area contributed by atoms with E-state index in [0.29, 0.717) is 6.42 Å². The number of halogens is 2. The summed E-state index contributed by atoms with van der Waals surface area (Å²) in [7, 11) is 0. The van der Waals surface area contributed by atoms with Gasteiger partial charge in [0, 0.05) is 23.6 Å². The van der Waals surface area contributed by atoms with Crippen molar-refractivity contribution in [3.05, 3.63) is 81.7 Å². The molecular formula is C26H26F2N4O. The minimum atomic E-state index is -0.798. The minimum absolute atomic E-state index is 0.0334. The van der Waals surface area contributed by atoms with Crippen molar-refractivity contribution in [1.29, 1.82) is 0 Å². The summed E-state index contributed by atoms with van der Waals surface area (Å²) in [6.45, 7) is 10.0. The molecule has 33 heavy (non-hydrogen) atoms. The molecule has 7 heteroatoms. The van der Waals surface area contributed by atoms with Gasteiger partial charge in [0.05, 0.1) is 17.1 Å². The first-order valence-corrected chi connectivity index (χ1v) is 10.8. The molecule has 0 fully saturated rings. The van der Waals surface area contributed by atoms with E-state index < -0.39 is 11.6 Å². The molecule has 2 aromatic heterocycles. The predicted octanol–water partition coefficient (Wildman–Crippen LogP) is 5.81. The Morgan fingerprint density at radius 3 is 2.42 bits per heavy atom. The number of rotatable bonds is 5. The van der Waals surface area contributed by atoms with Gasteiger partial charge in [0.25, 0.3) is 0 Å². The molecule has 0 bridgehead atoms. The number of amides is 1. The number of pyridine rings is 1. The Kier molecular flexibility index (Phi) is 5.97. The van der Waals surface area contributed by atoms with Crippen molar-refractivity contribution in [3.63, 3.8) is 0 Å². The number of aromatic nitrogens is 3. The number of hydrogen-bond acceptors (Lipinski definition) is 3. The molecule has 0 unspecified atom stereocenters. The number of anilines is 1. The second-order valence-electron chi connectivity index (χ2n) is 8.44. The number of nitrogens with zero attached hydrogens (tertiary/aromatic N) is 3. The van der Waals surface area contributed by atoms with Crippen LogP contribution in [0.2, 0.25) is 0 Å². The number of hydrogen-bond donors (Lipinski definition) is 1. The van der Waals surface area contributed by atoms with Crippen molar-refractivity contribution in [2.75, 3.05) is 5.32 Å². The fraction of sp³-hybridized carbons (Fsp3) is 0.269. The zero-order chi connectivity index (χ0) is 23.9. The van der Waals surface area contributed by atoms with Crippen LogP contribution in [-0.4, -0.2) is 20.7 Å². The van der Waals surface area contributed by atoms with Crippen molar-refractivity contribution in [2.24, 2.45) is 0 Å². The first-order chi connectivity index (χ1) is 15.7. The summed E-state index contributed by atoms with van der Waals surface area (Å²) in [5.74, 6) is -1.83. The smallest absolute Gasteiger partial charge is 0.224 e. The van der Waals surface area contributed by atoms with Gasteiger partial charge in [-0.25, -0.2) is 18.4 Å². The molecule has 170 valence electrons. The van der Waals surface area contributed by atoms with Crippen molar-refractivity contribution < 1.29 is 13.6 Å². The normalized spacial score (nSPS) is 11.2. The Morgan fingerprint density at radius 2 is 1.73 bits per heavy atom. The lowest BCUT2D eigenvalue weighted by atomic mass is 9.99. The topological polar surface area (TPSA) is 59.8 Å². The highest BCUT2D eigenvalue weighted by Gasteiger charge is 2.18. The quantitative estimate of drug-likeness (QED) is 0.419. The van der Waals surface area contributed by atoms with E-state index in [2.05, 4.69) is 31.3 Å². The number of benzene rings is 2. The number of carbonyl (C=O) groups is 1. The van der Waals surface area contributed by atoms with Gasteiger partial charge in [0.1, 0.15) is 11.6 Å². The zero-order valence-corrected chi connectivity index (χ0v) is 19.4. The molecule has 0 saturated carbocycles. The minimum Gasteiger partial charge on any atom is -0.324 e. The average molecular weight is 449 g/mol. The van der Waals surface area contributed by atoms with Crippen LogP contribution >= 0.6 is 0 Å². The molecule has 4 rings (SSSR count). The van der Waals surface area contributed by atoms with E-state index >= 15 is 0 Å². The maximum atomic E-state index is 13.8. The summed E-state index contributed by atoms with van der Waals surface area (Å²) in [4.78, 5) is 17.3. The Labute approximate surface area is 191 Å². The van der Waals surface area contributed by atoms with Gasteiger partial charge in [-0.2, -0.15) is 5.10 Å². The second kappa shape index (κ2) is 8.73. The lowest BCUT2D eigenvalue weighted by molar-refractivity contribution is -0.116. The molecule has 0 aliphatic heterocycles. The highest BCUT2D eigenvalue weighted by molar-refractivity contribution is 5.91. The van der Waals surface area contributed by atoms with Crippen LogP contribution in [0.1, 0.15) is 40.1 Å². The van der Waals surface area contributed by atoms with Crippen LogP contribution in [0.15, 0.2) is 36.4 Å². The number of nitrogens with one attached hydrogen (secondary N) is 1. The summed E-state index contributed by atoms with van der Waals surface area (Å²) in [5, 5.41) is 8.23. The molecule has 1 N–H and O–H groups in total. The molecule has 0 radical (unpaired) electrons. The van der Waals surface area contributed by atoms with Crippen molar-refractivity contribution in [3.8, 4) is 5.69 Å². The molecule has 0 spiro atoms. The van der Waals surface area contributed by atoms with Crippen LogP contribution in [-0.2, 0) is 11.2 Å². The van der Waals surface area contributed by atoms with E-state index in [4.69, 9.17) is 10.1 Å². The fourth-order valence-corrected chi connectivity index (χ4v) is 4.15. The highest BCUT2D eigenvalue weighted by atomic mass is 19.1. The maximum Gasteiger partial charge on any atom is 0.224 e. The van der Waals surface area contributed by atoms with E-state index in [1.54, 1.807) is 0 Å². The predicted molar refractivity (Wildman–Crippen MR) is 126 cm³/mol. The number of aryl methyl sites for hydroxylation is 5. The monoisotopic (exact) mass is 448 g/mol. The van der Waals surface area contributed by atoms with Crippen molar-refractivity contribution in [1.82, 2.24) is 14.8 Å². The van der Waals surface area contributed by atoms with E-state index in [1.807, 2.05) is 31.5 Å². The molecule has 5 nitrogen and oxygen atoms in total. The summed E-state index contributed by atoms with van der Waals surface area (Å²) < 4.78 is 28.8. The van der Waals surface area contributed by atoms with Gasteiger partial charge in [0.2, 0.25) is 5.91 Å². The van der Waals surface area contributed by atoms with Gasteiger partial charge in [-0.15, -0.1) is 0 Å². The summed E-state index contributed by atoms with van der Waals surface area (Å²) in [6, 6.07) is 9.29. The molecule has 0 atom stereocenters. The van der Waals surface area contributed by atoms with Gasteiger partial charge < -0.3 is 5.32 Å². The molecular weight excluding hydrogens is 422 g/mol. The zero-order valence-electron chi connectivity index (χ0n) is 19.4. The van der Waals surface area contributed by atoms with Crippen LogP contribution in [0.5, 0.6) is 0 Å². The van der Waals surface area contributed by atoms with Gasteiger partial charge in [-0.1, -0.05) is 6.07 Å². The van der Waals surface area contributed by atoms with Crippen LogP contribution in [0.3, 0.4) is 0 Å². The number of fused-ring (bicyclic) bond motifs is 1. The van der Waals surface area contributed by atoms with Crippen LogP contribution < -0.4 is 5.32 Å².